The van der Waals surface area contributed by atoms with E-state index in [1.807, 2.05) is 30.3 Å². The van der Waals surface area contributed by atoms with Gasteiger partial charge in [-0.3, -0.25) is 10.1 Å². The Bertz CT molecular complexity index is 959. The van der Waals surface area contributed by atoms with Crippen LogP contribution in [0.4, 0.5) is 14.9 Å². The van der Waals surface area contributed by atoms with Gasteiger partial charge in [-0.15, -0.1) is 0 Å². The van der Waals surface area contributed by atoms with Crippen molar-refractivity contribution in [2.75, 3.05) is 5.32 Å². The lowest BCUT2D eigenvalue weighted by molar-refractivity contribution is 0.103. The Kier molecular flexibility index (Phi) is 5.84. The molecule has 1 amide bonds. The molecule has 136 valence electrons. The van der Waals surface area contributed by atoms with Crippen LogP contribution in [0, 0.1) is 5.82 Å². The van der Waals surface area contributed by atoms with Crippen LogP contribution in [0.2, 0.25) is 5.02 Å². The Hall–Kier alpha value is -3.18. The summed E-state index contributed by atoms with van der Waals surface area (Å²) in [4.78, 5) is 24.8. The van der Waals surface area contributed by atoms with Crippen LogP contribution in [0.1, 0.15) is 21.5 Å². The van der Waals surface area contributed by atoms with Crippen LogP contribution in [0.5, 0.6) is 0 Å². The van der Waals surface area contributed by atoms with Gasteiger partial charge >= 0.3 is 6.09 Å². The van der Waals surface area contributed by atoms with Gasteiger partial charge in [-0.1, -0.05) is 41.9 Å². The average Bonchev–Trinajstić information content (AvgIpc) is 2.67. The molecule has 0 aliphatic rings. The smallest absolute Gasteiger partial charge is 0.411 e. The van der Waals surface area contributed by atoms with Gasteiger partial charge in [-0.05, 0) is 48.0 Å². The molecule has 0 unspecified atom stereocenters. The molecule has 0 atom stereocenters. The molecular weight excluding hydrogens is 369 g/mol. The zero-order valence-corrected chi connectivity index (χ0v) is 14.9. The summed E-state index contributed by atoms with van der Waals surface area (Å²) in [7, 11) is 0. The third-order valence-electron chi connectivity index (χ3n) is 3.78. The highest BCUT2D eigenvalue weighted by Gasteiger charge is 2.16. The summed E-state index contributed by atoms with van der Waals surface area (Å²) in [5.41, 5.74) is 1.57. The third kappa shape index (κ3) is 4.92. The Labute approximate surface area is 160 Å². The van der Waals surface area contributed by atoms with E-state index in [2.05, 4.69) is 5.32 Å². The molecule has 3 aromatic carbocycles. The zero-order chi connectivity index (χ0) is 19.2. The van der Waals surface area contributed by atoms with Gasteiger partial charge < -0.3 is 4.74 Å². The Morgan fingerprint density at radius 1 is 0.963 bits per heavy atom. The monoisotopic (exact) mass is 383 g/mol. The number of carbonyl (C=O) groups is 2. The average molecular weight is 384 g/mol. The molecule has 0 spiro atoms. The second-order valence-electron chi connectivity index (χ2n) is 5.71. The van der Waals surface area contributed by atoms with Crippen LogP contribution >= 0.6 is 11.6 Å². The molecule has 6 heteroatoms. The predicted molar refractivity (Wildman–Crippen MR) is 102 cm³/mol. The van der Waals surface area contributed by atoms with Crippen molar-refractivity contribution in [2.24, 2.45) is 0 Å². The van der Waals surface area contributed by atoms with Crippen LogP contribution in [0.25, 0.3) is 0 Å². The molecule has 0 saturated carbocycles. The Morgan fingerprint density at radius 2 is 1.67 bits per heavy atom. The summed E-state index contributed by atoms with van der Waals surface area (Å²) in [6.07, 6.45) is -0.714. The highest BCUT2D eigenvalue weighted by Crippen LogP contribution is 2.24. The first kappa shape index (κ1) is 18.6. The molecule has 0 saturated heterocycles. The first-order valence-electron chi connectivity index (χ1n) is 8.10. The summed E-state index contributed by atoms with van der Waals surface area (Å²) in [5.74, 6) is -0.810. The molecule has 0 fully saturated rings. The topological polar surface area (TPSA) is 55.4 Å². The van der Waals surface area contributed by atoms with Crippen molar-refractivity contribution in [1.29, 1.82) is 0 Å². The number of ketones is 1. The lowest BCUT2D eigenvalue weighted by Gasteiger charge is -2.12. The quantitative estimate of drug-likeness (QED) is 0.595. The van der Waals surface area contributed by atoms with Crippen molar-refractivity contribution in [3.63, 3.8) is 0 Å². The first-order valence-corrected chi connectivity index (χ1v) is 8.48. The maximum Gasteiger partial charge on any atom is 0.411 e. The van der Waals surface area contributed by atoms with E-state index in [0.717, 1.165) is 5.56 Å². The van der Waals surface area contributed by atoms with Crippen molar-refractivity contribution in [2.45, 2.75) is 6.61 Å². The summed E-state index contributed by atoms with van der Waals surface area (Å²) in [6.45, 7) is 0.0917. The lowest BCUT2D eigenvalue weighted by Crippen LogP contribution is -2.16. The number of nitrogens with one attached hydrogen (secondary N) is 1. The molecule has 0 aliphatic carbocycles. The van der Waals surface area contributed by atoms with E-state index in [9.17, 15) is 14.0 Å². The minimum atomic E-state index is -0.714. The normalized spacial score (nSPS) is 10.3. The third-order valence-corrected chi connectivity index (χ3v) is 4.02. The Morgan fingerprint density at radius 3 is 2.37 bits per heavy atom. The molecule has 0 radical (unpaired) electrons. The van der Waals surface area contributed by atoms with Crippen LogP contribution in [-0.2, 0) is 11.3 Å². The number of hydrogen-bond acceptors (Lipinski definition) is 3. The van der Waals surface area contributed by atoms with E-state index < -0.39 is 11.9 Å². The fraction of sp³-hybridized carbons (Fsp3) is 0.0476. The molecule has 0 aromatic heterocycles. The van der Waals surface area contributed by atoms with Crippen molar-refractivity contribution >= 4 is 29.2 Å². The van der Waals surface area contributed by atoms with Gasteiger partial charge in [0.05, 0.1) is 5.69 Å². The van der Waals surface area contributed by atoms with Gasteiger partial charge in [0, 0.05) is 16.1 Å². The van der Waals surface area contributed by atoms with Gasteiger partial charge in [-0.25, -0.2) is 9.18 Å². The van der Waals surface area contributed by atoms with Crippen LogP contribution in [-0.4, -0.2) is 11.9 Å². The number of amides is 1. The maximum atomic E-state index is 13.1. The van der Waals surface area contributed by atoms with Gasteiger partial charge in [0.1, 0.15) is 12.4 Å². The summed E-state index contributed by atoms with van der Waals surface area (Å²) >= 11 is 5.99. The predicted octanol–water partition coefficient (Wildman–Crippen LogP) is 5.46. The summed E-state index contributed by atoms with van der Waals surface area (Å²) in [6, 6.07) is 18.9. The van der Waals surface area contributed by atoms with E-state index in [0.29, 0.717) is 10.6 Å². The largest absolute Gasteiger partial charge is 0.444 e. The second kappa shape index (κ2) is 8.47. The van der Waals surface area contributed by atoms with Crippen molar-refractivity contribution in [1.82, 2.24) is 0 Å². The minimum absolute atomic E-state index is 0.0917. The molecule has 1 N–H and O–H groups in total. The van der Waals surface area contributed by atoms with Gasteiger partial charge in [0.2, 0.25) is 0 Å². The maximum absolute atomic E-state index is 13.1. The van der Waals surface area contributed by atoms with E-state index in [4.69, 9.17) is 16.3 Å². The zero-order valence-electron chi connectivity index (χ0n) is 14.1. The highest BCUT2D eigenvalue weighted by molar-refractivity contribution is 6.31. The fourth-order valence-electron chi connectivity index (χ4n) is 2.44. The van der Waals surface area contributed by atoms with E-state index in [1.165, 1.54) is 36.4 Å². The van der Waals surface area contributed by atoms with Crippen LogP contribution in [0.3, 0.4) is 0 Å². The number of ether oxygens (including phenoxy) is 1. The summed E-state index contributed by atoms with van der Waals surface area (Å²) in [5, 5.41) is 2.89. The number of anilines is 1. The van der Waals surface area contributed by atoms with Gasteiger partial charge in [0.15, 0.2) is 5.78 Å². The number of carbonyl (C=O) groups excluding carboxylic acids is 2. The summed E-state index contributed by atoms with van der Waals surface area (Å²) < 4.78 is 18.3. The lowest BCUT2D eigenvalue weighted by atomic mass is 10.0. The number of halogens is 2. The first-order chi connectivity index (χ1) is 13.0. The van der Waals surface area contributed by atoms with Gasteiger partial charge in [-0.2, -0.15) is 0 Å². The second-order valence-corrected chi connectivity index (χ2v) is 6.15. The number of benzene rings is 3. The minimum Gasteiger partial charge on any atom is -0.444 e. The van der Waals surface area contributed by atoms with E-state index in [-0.39, 0.29) is 23.6 Å². The van der Waals surface area contributed by atoms with Crippen LogP contribution in [0.15, 0.2) is 72.8 Å². The van der Waals surface area contributed by atoms with Gasteiger partial charge in [0.25, 0.3) is 0 Å². The van der Waals surface area contributed by atoms with Crippen molar-refractivity contribution in [3.05, 3.63) is 100 Å². The molecule has 27 heavy (non-hydrogen) atoms. The standard InChI is InChI=1S/C21H15ClFNO3/c22-16-8-11-18(20(25)15-6-9-17(23)10-7-15)19(12-16)24-21(26)27-13-14-4-2-1-3-5-14/h1-12H,13H2,(H,24,26). The van der Waals surface area contributed by atoms with Crippen LogP contribution < -0.4 is 5.32 Å². The SMILES string of the molecule is O=C(Nc1cc(Cl)ccc1C(=O)c1ccc(F)cc1)OCc1ccccc1. The van der Waals surface area contributed by atoms with E-state index >= 15 is 0 Å². The Balaban J connectivity index is 1.76. The molecule has 0 heterocycles. The molecule has 0 bridgehead atoms. The molecule has 0 aliphatic heterocycles. The highest BCUT2D eigenvalue weighted by atomic mass is 35.5. The van der Waals surface area contributed by atoms with Crippen molar-refractivity contribution < 1.29 is 18.7 Å². The molecule has 4 nitrogen and oxygen atoms in total. The molecule has 3 aromatic rings. The number of rotatable bonds is 5. The van der Waals surface area contributed by atoms with E-state index in [1.54, 1.807) is 6.07 Å². The fourth-order valence-corrected chi connectivity index (χ4v) is 2.62. The number of hydrogen-bond donors (Lipinski definition) is 1. The van der Waals surface area contributed by atoms with Crippen molar-refractivity contribution in [3.8, 4) is 0 Å². The molecule has 3 rings (SSSR count). The molecular formula is C21H15ClFNO3.